The fourth-order valence-corrected chi connectivity index (χ4v) is 17.3. The molecule has 0 aliphatic carbocycles. The molecular weight excluding hydrogens is 1560 g/mol. The third-order valence-corrected chi connectivity index (χ3v) is 24.6. The molecule has 0 bridgehead atoms. The lowest BCUT2D eigenvalue weighted by Gasteiger charge is -2.36. The van der Waals surface area contributed by atoms with Gasteiger partial charge < -0.3 is 62.9 Å². The maximum atomic E-state index is 13.1. The van der Waals surface area contributed by atoms with E-state index in [1.54, 1.807) is 95.9 Å². The lowest BCUT2D eigenvalue weighted by molar-refractivity contribution is 0.208. The Morgan fingerprint density at radius 3 is 1.35 bits per heavy atom. The Bertz CT molecular complexity index is 6250. The molecule has 13 aromatic rings. The van der Waals surface area contributed by atoms with E-state index in [2.05, 4.69) is 118 Å². The Morgan fingerprint density at radius 1 is 0.434 bits per heavy atom. The number of pyridine rings is 4. The smallest absolute Gasteiger partial charge is 0.258 e. The van der Waals surface area contributed by atoms with Crippen molar-refractivity contribution in [2.45, 2.75) is 78.3 Å². The number of β-amino-alcohol motifs (C(OH)–C–C–N with tert-alkyl or cyclic N) is 1. The summed E-state index contributed by atoms with van der Waals surface area (Å²) in [6, 6.07) is 40.7. The summed E-state index contributed by atoms with van der Waals surface area (Å²) < 4.78 is 39.9. The zero-order valence-electron chi connectivity index (χ0n) is 72.5. The van der Waals surface area contributed by atoms with E-state index in [-0.39, 0.29) is 28.8 Å². The Balaban J connectivity index is 0.000000133. The van der Waals surface area contributed by atoms with Crippen molar-refractivity contribution in [2.75, 3.05) is 171 Å². The maximum Gasteiger partial charge on any atom is 0.258 e. The van der Waals surface area contributed by atoms with Crippen LogP contribution >= 0.6 is 11.3 Å². The number of fused-ring (bicyclic) bond motifs is 5. The number of rotatable bonds is 19. The standard InChI is InChI=1S/C25H32N4O3.C24H27N3O4.C23H25N5OS.C22H26N4O3/c1-6-17-13-20(28-11-9-19(10-12-28)27(2)3)16-29-24(30)15-21(26-25(17)29)18-7-8-22(31-4)23(14-18)32-5;1-16-12-19(17-6-8-26(9-7-17)10-11-28)15-27-23(29)14-20(25-24(16)27)18-4-5-21(30-2)22(13-18)31-3;1-15-24-20-12-16(4-6-21(20)30-15)19-13-23(29)28-14-18(5-7-22(28)25-19)27-10-8-17(9-11-27)26(2)3;1-15-11-17(25-9-7-24(2)8-10-25)14-26-21(27)13-18(23-22(15)26)16-5-6-19(28-3)20(12-16)29-4/h7-8,13-16,19H,6,9-12H2,1-5H3;4-6,12-15,28H,7-11H2,1-3H3;4-7,12-14,17H,8-11H2,1-3H3;5-6,11-14H,7-10H2,1-4H3. The molecule has 3 saturated heterocycles. The first-order chi connectivity index (χ1) is 58.9. The van der Waals surface area contributed by atoms with Gasteiger partial charge in [0.15, 0.2) is 34.5 Å². The van der Waals surface area contributed by atoms with E-state index in [4.69, 9.17) is 53.5 Å². The molecule has 4 aromatic carbocycles. The Kier molecular flexibility index (Phi) is 27.1. The van der Waals surface area contributed by atoms with Gasteiger partial charge in [0.1, 0.15) is 22.6 Å². The van der Waals surface area contributed by atoms with Crippen LogP contribution in [0.1, 0.15) is 66.3 Å². The molecule has 0 atom stereocenters. The van der Waals surface area contributed by atoms with Gasteiger partial charge in [-0.05, 0) is 219 Å². The van der Waals surface area contributed by atoms with Crippen molar-refractivity contribution in [2.24, 2.45) is 0 Å². The number of thiazole rings is 1. The topological polar surface area (TPSA) is 249 Å². The second-order valence-corrected chi connectivity index (χ2v) is 33.0. The van der Waals surface area contributed by atoms with Gasteiger partial charge in [-0.3, -0.25) is 41.7 Å². The Morgan fingerprint density at radius 2 is 0.869 bits per heavy atom. The predicted octanol–water partition coefficient (Wildman–Crippen LogP) is 12.5. The minimum absolute atomic E-state index is 0.0606. The molecule has 3 fully saturated rings. The average Bonchev–Trinajstić information content (AvgIpc) is 0.892. The number of likely N-dealkylation sites (N-methyl/N-ethyl adjacent to an activating group) is 1. The van der Waals surface area contributed by atoms with Crippen LogP contribution < -0.4 is 65.4 Å². The summed E-state index contributed by atoms with van der Waals surface area (Å²) >= 11 is 1.67. The summed E-state index contributed by atoms with van der Waals surface area (Å²) in [5, 5.41) is 10.2. The van der Waals surface area contributed by atoms with Crippen LogP contribution in [-0.4, -0.2) is 236 Å². The molecule has 0 amide bonds. The number of aromatic nitrogens is 9. The van der Waals surface area contributed by atoms with Crippen LogP contribution in [-0.2, 0) is 6.42 Å². The highest BCUT2D eigenvalue weighted by molar-refractivity contribution is 7.18. The number of piperidine rings is 2. The van der Waals surface area contributed by atoms with E-state index in [0.717, 1.165) is 181 Å². The lowest BCUT2D eigenvalue weighted by Crippen LogP contribution is -2.44. The van der Waals surface area contributed by atoms with E-state index in [1.807, 2.05) is 118 Å². The first kappa shape index (κ1) is 86.3. The molecule has 0 saturated carbocycles. The minimum Gasteiger partial charge on any atom is -0.493 e. The number of hydrogen-bond acceptors (Lipinski definition) is 24. The summed E-state index contributed by atoms with van der Waals surface area (Å²) in [5.74, 6) is 3.72. The summed E-state index contributed by atoms with van der Waals surface area (Å²) in [6.07, 6.45) is 16.0. The number of anilines is 3. The highest BCUT2D eigenvalue weighted by Crippen LogP contribution is 2.37. The quantitative estimate of drug-likeness (QED) is 0.0790. The van der Waals surface area contributed by atoms with Crippen molar-refractivity contribution in [3.8, 4) is 79.5 Å². The number of methoxy groups -OCH3 is 6. The summed E-state index contributed by atoms with van der Waals surface area (Å²) in [4.78, 5) is 91.9. The van der Waals surface area contributed by atoms with E-state index in [1.165, 1.54) is 5.57 Å². The van der Waals surface area contributed by atoms with Gasteiger partial charge in [-0.1, -0.05) is 19.1 Å². The van der Waals surface area contributed by atoms with Crippen molar-refractivity contribution in [3.05, 3.63) is 227 Å². The molecule has 0 radical (unpaired) electrons. The monoisotopic (exact) mass is 1670 g/mol. The van der Waals surface area contributed by atoms with Crippen LogP contribution in [0.3, 0.4) is 0 Å². The van der Waals surface area contributed by atoms with Gasteiger partial charge in [-0.2, -0.15) is 0 Å². The van der Waals surface area contributed by atoms with Gasteiger partial charge in [-0.15, -0.1) is 11.3 Å². The molecule has 17 rings (SSSR count). The highest BCUT2D eigenvalue weighted by atomic mass is 32.1. The van der Waals surface area contributed by atoms with Gasteiger partial charge in [0.2, 0.25) is 0 Å². The summed E-state index contributed by atoms with van der Waals surface area (Å²) in [5.41, 5.74) is 17.6. The molecule has 0 spiro atoms. The number of aliphatic hydroxyl groups is 1. The summed E-state index contributed by atoms with van der Waals surface area (Å²) in [6.45, 7) is 18.6. The summed E-state index contributed by atoms with van der Waals surface area (Å²) in [7, 11) is 20.3. The molecule has 1 N–H and O–H groups in total. The van der Waals surface area contributed by atoms with Crippen molar-refractivity contribution < 1.29 is 33.5 Å². The predicted molar refractivity (Wildman–Crippen MR) is 487 cm³/mol. The third-order valence-electron chi connectivity index (χ3n) is 23.6. The van der Waals surface area contributed by atoms with Gasteiger partial charge >= 0.3 is 0 Å². The number of hydrogen-bond donors (Lipinski definition) is 1. The number of aliphatic hydroxyl groups excluding tert-OH is 1. The molecule has 0 unspecified atom stereocenters. The zero-order chi connectivity index (χ0) is 86.2. The van der Waals surface area contributed by atoms with E-state index in [9.17, 15) is 19.2 Å². The van der Waals surface area contributed by atoms with Crippen LogP contribution in [0.5, 0.6) is 34.5 Å². The van der Waals surface area contributed by atoms with Crippen molar-refractivity contribution >= 4 is 66.8 Å². The average molecular weight is 1670 g/mol. The first-order valence-corrected chi connectivity index (χ1v) is 42.3. The van der Waals surface area contributed by atoms with Crippen LogP contribution in [0.15, 0.2) is 177 Å². The Hall–Kier alpha value is -12.1. The van der Waals surface area contributed by atoms with Gasteiger partial charge in [0, 0.05) is 155 Å². The second kappa shape index (κ2) is 38.4. The molecular formula is C94H110N16O11S. The molecule has 27 nitrogen and oxygen atoms in total. The first-order valence-electron chi connectivity index (χ1n) is 41.5. The Labute approximate surface area is 714 Å². The SMILES string of the molecule is CCc1cc(N2CCC(N(C)C)CC2)cn2c(=O)cc(-c3ccc(OC)c(OC)c3)nc12.COc1ccc(-c2cc(=O)n3cc(C4=CCN(CCO)CC4)cc(C)c3n2)cc1OC.COc1ccc(-c2cc(=O)n3cc(N4CCN(C)CC4)cc(C)c3n2)cc1OC.Cc1nc2cc(-c3cc(=O)n4cc(N5CCC(N(C)C)CC5)ccc4n3)ccc2s1. The van der Waals surface area contributed by atoms with Crippen LogP contribution in [0.4, 0.5) is 17.1 Å². The highest BCUT2D eigenvalue weighted by Gasteiger charge is 2.26. The maximum absolute atomic E-state index is 13.1. The van der Waals surface area contributed by atoms with E-state index < -0.39 is 0 Å². The van der Waals surface area contributed by atoms with Crippen molar-refractivity contribution in [1.82, 2.24) is 62.1 Å². The lowest BCUT2D eigenvalue weighted by atomic mass is 9.99. The zero-order valence-corrected chi connectivity index (χ0v) is 73.3. The third kappa shape index (κ3) is 19.1. The minimum atomic E-state index is -0.127. The van der Waals surface area contributed by atoms with Crippen LogP contribution in [0.2, 0.25) is 0 Å². The molecule has 9 aromatic heterocycles. The molecule has 638 valence electrons. The number of nitrogens with zero attached hydrogens (tertiary/aromatic N) is 16. The molecule has 13 heterocycles. The van der Waals surface area contributed by atoms with Gasteiger partial charge in [-0.25, -0.2) is 24.9 Å². The van der Waals surface area contributed by atoms with Crippen molar-refractivity contribution in [3.63, 3.8) is 0 Å². The van der Waals surface area contributed by atoms with Crippen LogP contribution in [0.25, 0.3) is 83.4 Å². The normalized spacial score (nSPS) is 15.0. The second-order valence-electron chi connectivity index (χ2n) is 31.8. The van der Waals surface area contributed by atoms with E-state index >= 15 is 0 Å². The fourth-order valence-electron chi connectivity index (χ4n) is 16.5. The van der Waals surface area contributed by atoms with Gasteiger partial charge in [0.25, 0.3) is 22.2 Å². The largest absolute Gasteiger partial charge is 0.493 e. The molecule has 122 heavy (non-hydrogen) atoms. The van der Waals surface area contributed by atoms with Crippen molar-refractivity contribution in [1.29, 1.82) is 0 Å². The van der Waals surface area contributed by atoms with Gasteiger partial charge in [0.05, 0.1) is 104 Å². The van der Waals surface area contributed by atoms with E-state index in [0.29, 0.717) is 98.5 Å². The molecule has 28 heteroatoms. The molecule has 4 aliphatic heterocycles. The number of ether oxygens (including phenoxy) is 6. The van der Waals surface area contributed by atoms with Crippen LogP contribution in [0, 0.1) is 20.8 Å². The number of piperazine rings is 1. The molecule has 4 aliphatic rings. The number of benzene rings is 4. The fraction of sp³-hybridized carbons (Fsp3) is 0.372. The number of aryl methyl sites for hydroxylation is 4.